The number of halogens is 1. The van der Waals surface area contributed by atoms with Gasteiger partial charge in [0.25, 0.3) is 0 Å². The number of rotatable bonds is 2. The molecule has 2 aromatic rings. The van der Waals surface area contributed by atoms with Gasteiger partial charge >= 0.3 is 0 Å². The highest BCUT2D eigenvalue weighted by molar-refractivity contribution is 8.01. The molecular formula is C9H8ClN3S2. The lowest BCUT2D eigenvalue weighted by molar-refractivity contribution is 1.10. The first-order chi connectivity index (χ1) is 7.15. The van der Waals surface area contributed by atoms with Crippen LogP contribution in [0.3, 0.4) is 0 Å². The van der Waals surface area contributed by atoms with E-state index in [0.717, 1.165) is 20.6 Å². The lowest BCUT2D eigenvalue weighted by Gasteiger charge is -2.01. The highest BCUT2D eigenvalue weighted by Gasteiger charge is 2.06. The van der Waals surface area contributed by atoms with E-state index in [0.29, 0.717) is 5.15 Å². The van der Waals surface area contributed by atoms with Gasteiger partial charge in [-0.2, -0.15) is 4.37 Å². The molecule has 2 rings (SSSR count). The maximum Gasteiger partial charge on any atom is 0.174 e. The summed E-state index contributed by atoms with van der Waals surface area (Å²) in [5.74, 6) is 0.806. The van der Waals surface area contributed by atoms with E-state index >= 15 is 0 Å². The smallest absolute Gasteiger partial charge is 0.174 e. The second-order valence-corrected chi connectivity index (χ2v) is 5.41. The first-order valence-electron chi connectivity index (χ1n) is 4.25. The van der Waals surface area contributed by atoms with E-state index in [2.05, 4.69) is 14.3 Å². The average molecular weight is 258 g/mol. The molecule has 0 aliphatic carbocycles. The zero-order valence-electron chi connectivity index (χ0n) is 8.19. The summed E-state index contributed by atoms with van der Waals surface area (Å²) in [6.45, 7) is 3.88. The molecule has 0 radical (unpaired) electrons. The van der Waals surface area contributed by atoms with Crippen LogP contribution in [-0.2, 0) is 0 Å². The van der Waals surface area contributed by atoms with E-state index in [4.69, 9.17) is 11.6 Å². The Bertz CT molecular complexity index is 484. The van der Waals surface area contributed by atoms with E-state index in [1.165, 1.54) is 11.5 Å². The van der Waals surface area contributed by atoms with Gasteiger partial charge in [0.2, 0.25) is 0 Å². The topological polar surface area (TPSA) is 38.7 Å². The molecule has 0 saturated carbocycles. The molecule has 2 aromatic heterocycles. The molecule has 2 heterocycles. The van der Waals surface area contributed by atoms with Crippen LogP contribution in [0.5, 0.6) is 0 Å². The van der Waals surface area contributed by atoms with Crippen molar-refractivity contribution < 1.29 is 0 Å². The lowest BCUT2D eigenvalue weighted by Crippen LogP contribution is -1.83. The van der Waals surface area contributed by atoms with Gasteiger partial charge in [-0.05, 0) is 37.0 Å². The van der Waals surface area contributed by atoms with E-state index < -0.39 is 0 Å². The Morgan fingerprint density at radius 1 is 1.40 bits per heavy atom. The minimum Gasteiger partial charge on any atom is -0.244 e. The molecule has 78 valence electrons. The summed E-state index contributed by atoms with van der Waals surface area (Å²) in [5.41, 5.74) is 1.09. The van der Waals surface area contributed by atoms with Crippen LogP contribution in [0.15, 0.2) is 21.5 Å². The van der Waals surface area contributed by atoms with E-state index in [9.17, 15) is 0 Å². The van der Waals surface area contributed by atoms with Crippen LogP contribution in [0.25, 0.3) is 0 Å². The lowest BCUT2D eigenvalue weighted by atomic mass is 10.3. The fraction of sp³-hybridized carbons (Fsp3) is 0.222. The zero-order chi connectivity index (χ0) is 10.8. The third kappa shape index (κ3) is 2.68. The SMILES string of the molecule is Cc1nsc(Sc2cc(Cl)ncc2C)n1. The molecule has 0 aliphatic rings. The molecule has 0 aliphatic heterocycles. The van der Waals surface area contributed by atoms with E-state index in [-0.39, 0.29) is 0 Å². The van der Waals surface area contributed by atoms with Gasteiger partial charge in [0.1, 0.15) is 11.0 Å². The van der Waals surface area contributed by atoms with Crippen molar-refractivity contribution >= 4 is 34.9 Å². The summed E-state index contributed by atoms with van der Waals surface area (Å²) in [6.07, 6.45) is 1.76. The molecular weight excluding hydrogens is 250 g/mol. The molecule has 0 amide bonds. The number of aryl methyl sites for hydroxylation is 2. The number of aromatic nitrogens is 3. The fourth-order valence-corrected chi connectivity index (χ4v) is 2.93. The molecule has 0 unspecified atom stereocenters. The Kier molecular flexibility index (Phi) is 3.23. The summed E-state index contributed by atoms with van der Waals surface area (Å²) in [7, 11) is 0. The van der Waals surface area contributed by atoms with Crippen LogP contribution >= 0.6 is 34.9 Å². The number of hydrogen-bond donors (Lipinski definition) is 0. The van der Waals surface area contributed by atoms with Gasteiger partial charge in [0.15, 0.2) is 4.34 Å². The molecule has 3 nitrogen and oxygen atoms in total. The Morgan fingerprint density at radius 2 is 2.20 bits per heavy atom. The Morgan fingerprint density at radius 3 is 2.87 bits per heavy atom. The van der Waals surface area contributed by atoms with Crippen molar-refractivity contribution in [3.05, 3.63) is 28.8 Å². The maximum atomic E-state index is 5.83. The van der Waals surface area contributed by atoms with Crippen molar-refractivity contribution in [3.63, 3.8) is 0 Å². The average Bonchev–Trinajstić information content (AvgIpc) is 2.58. The van der Waals surface area contributed by atoms with Crippen molar-refractivity contribution in [2.24, 2.45) is 0 Å². The zero-order valence-corrected chi connectivity index (χ0v) is 10.6. The molecule has 0 spiro atoms. The first kappa shape index (κ1) is 10.9. The number of pyridine rings is 1. The van der Waals surface area contributed by atoms with Crippen LogP contribution in [0.4, 0.5) is 0 Å². The minimum absolute atomic E-state index is 0.504. The van der Waals surface area contributed by atoms with Crippen LogP contribution in [-0.4, -0.2) is 14.3 Å². The second-order valence-electron chi connectivity index (χ2n) is 2.98. The summed E-state index contributed by atoms with van der Waals surface area (Å²) < 4.78 is 5.05. The van der Waals surface area contributed by atoms with Gasteiger partial charge in [0, 0.05) is 11.1 Å². The summed E-state index contributed by atoms with van der Waals surface area (Å²) in [5, 5.41) is 0.504. The van der Waals surface area contributed by atoms with E-state index in [1.807, 2.05) is 19.9 Å². The van der Waals surface area contributed by atoms with Gasteiger partial charge in [-0.1, -0.05) is 23.4 Å². The van der Waals surface area contributed by atoms with Crippen molar-refractivity contribution in [2.45, 2.75) is 23.1 Å². The van der Waals surface area contributed by atoms with Crippen LogP contribution < -0.4 is 0 Å². The van der Waals surface area contributed by atoms with Gasteiger partial charge in [-0.25, -0.2) is 9.97 Å². The van der Waals surface area contributed by atoms with Crippen molar-refractivity contribution in [3.8, 4) is 0 Å². The molecule has 0 fully saturated rings. The molecule has 0 atom stereocenters. The predicted molar refractivity (Wildman–Crippen MR) is 62.8 cm³/mol. The highest BCUT2D eigenvalue weighted by atomic mass is 35.5. The monoisotopic (exact) mass is 257 g/mol. The Hall–Kier alpha value is -0.650. The van der Waals surface area contributed by atoms with Gasteiger partial charge in [-0.3, -0.25) is 0 Å². The third-order valence-electron chi connectivity index (χ3n) is 1.73. The quantitative estimate of drug-likeness (QED) is 0.774. The number of nitrogens with zero attached hydrogens (tertiary/aromatic N) is 3. The van der Waals surface area contributed by atoms with Crippen molar-refractivity contribution in [1.82, 2.24) is 14.3 Å². The highest BCUT2D eigenvalue weighted by Crippen LogP contribution is 2.32. The molecule has 0 saturated heterocycles. The largest absolute Gasteiger partial charge is 0.244 e. The van der Waals surface area contributed by atoms with Crippen molar-refractivity contribution in [1.29, 1.82) is 0 Å². The van der Waals surface area contributed by atoms with Crippen LogP contribution in [0.1, 0.15) is 11.4 Å². The van der Waals surface area contributed by atoms with Crippen molar-refractivity contribution in [2.75, 3.05) is 0 Å². The van der Waals surface area contributed by atoms with E-state index in [1.54, 1.807) is 18.0 Å². The molecule has 6 heteroatoms. The Balaban J connectivity index is 2.27. The molecule has 0 bridgehead atoms. The summed E-state index contributed by atoms with van der Waals surface area (Å²) in [4.78, 5) is 9.36. The second kappa shape index (κ2) is 4.47. The molecule has 0 N–H and O–H groups in total. The normalized spacial score (nSPS) is 10.6. The Labute approximate surface area is 101 Å². The third-order valence-corrected chi connectivity index (χ3v) is 3.94. The minimum atomic E-state index is 0.504. The number of hydrogen-bond acceptors (Lipinski definition) is 5. The summed E-state index contributed by atoms with van der Waals surface area (Å²) >= 11 is 8.80. The molecule has 15 heavy (non-hydrogen) atoms. The molecule has 0 aromatic carbocycles. The fourth-order valence-electron chi connectivity index (χ4n) is 1.00. The van der Waals surface area contributed by atoms with Gasteiger partial charge < -0.3 is 0 Å². The van der Waals surface area contributed by atoms with Gasteiger partial charge in [0.05, 0.1) is 0 Å². The van der Waals surface area contributed by atoms with Gasteiger partial charge in [-0.15, -0.1) is 0 Å². The first-order valence-corrected chi connectivity index (χ1v) is 6.22. The van der Waals surface area contributed by atoms with Crippen LogP contribution in [0, 0.1) is 13.8 Å². The van der Waals surface area contributed by atoms with Crippen LogP contribution in [0.2, 0.25) is 5.15 Å². The predicted octanol–water partition coefficient (Wildman–Crippen LogP) is 3.35. The maximum absolute atomic E-state index is 5.83. The standard InChI is InChI=1S/C9H8ClN3S2/c1-5-4-11-8(10)3-7(5)14-9-12-6(2)13-15-9/h3-4H,1-2H3. The summed E-state index contributed by atoms with van der Waals surface area (Å²) in [6, 6.07) is 1.85.